The molecule has 0 aliphatic rings. The summed E-state index contributed by atoms with van der Waals surface area (Å²) in [5.74, 6) is 0.483. The first-order chi connectivity index (χ1) is 12.5. The maximum atomic E-state index is 13.5. The number of aryl methyl sites for hydroxylation is 1. The van der Waals surface area contributed by atoms with E-state index in [0.717, 1.165) is 0 Å². The average Bonchev–Trinajstić information content (AvgIpc) is 3.03. The molecule has 3 aromatic rings. The third-order valence-electron chi connectivity index (χ3n) is 3.84. The lowest BCUT2D eigenvalue weighted by atomic mass is 10.1. The highest BCUT2D eigenvalue weighted by Crippen LogP contribution is 2.31. The van der Waals surface area contributed by atoms with Gasteiger partial charge in [-0.15, -0.1) is 0 Å². The Morgan fingerprint density at radius 1 is 1.15 bits per heavy atom. The van der Waals surface area contributed by atoms with Crippen LogP contribution in [0.2, 0.25) is 0 Å². The number of anilines is 1. The monoisotopic (exact) mass is 356 g/mol. The van der Waals surface area contributed by atoms with Crippen molar-refractivity contribution in [3.05, 3.63) is 59.6 Å². The smallest absolute Gasteiger partial charge is 0.261 e. The van der Waals surface area contributed by atoms with Crippen LogP contribution in [-0.4, -0.2) is 25.3 Å². The Bertz CT molecular complexity index is 952. The lowest BCUT2D eigenvalue weighted by molar-refractivity contribution is 0.102. The van der Waals surface area contributed by atoms with Gasteiger partial charge in [0.05, 0.1) is 19.9 Å². The number of hydrogen-bond acceptors (Lipinski definition) is 5. The van der Waals surface area contributed by atoms with E-state index in [0.29, 0.717) is 28.5 Å². The Kier molecular flexibility index (Phi) is 4.88. The Morgan fingerprint density at radius 2 is 1.96 bits per heavy atom. The van der Waals surface area contributed by atoms with Crippen molar-refractivity contribution in [2.75, 3.05) is 19.5 Å². The Labute approximate surface area is 149 Å². The van der Waals surface area contributed by atoms with Crippen molar-refractivity contribution in [2.24, 2.45) is 0 Å². The lowest BCUT2D eigenvalue weighted by Gasteiger charge is -2.12. The minimum absolute atomic E-state index is 0.223. The van der Waals surface area contributed by atoms with E-state index in [-0.39, 0.29) is 11.3 Å². The SMILES string of the molecule is COc1ccc(OC)c(NC(=O)c2c(-c3cccc(F)c3)noc2C)c1. The van der Waals surface area contributed by atoms with Gasteiger partial charge in [0.15, 0.2) is 0 Å². The van der Waals surface area contributed by atoms with Crippen molar-refractivity contribution in [1.29, 1.82) is 0 Å². The van der Waals surface area contributed by atoms with Crippen LogP contribution in [0.5, 0.6) is 11.5 Å². The molecule has 1 N–H and O–H groups in total. The van der Waals surface area contributed by atoms with Crippen LogP contribution >= 0.6 is 0 Å². The zero-order valence-electron chi connectivity index (χ0n) is 14.5. The summed E-state index contributed by atoms with van der Waals surface area (Å²) >= 11 is 0. The maximum Gasteiger partial charge on any atom is 0.261 e. The first-order valence-electron chi connectivity index (χ1n) is 7.79. The summed E-state index contributed by atoms with van der Waals surface area (Å²) in [4.78, 5) is 12.8. The largest absolute Gasteiger partial charge is 0.497 e. The Balaban J connectivity index is 1.98. The predicted molar refractivity (Wildman–Crippen MR) is 94.1 cm³/mol. The molecule has 0 spiro atoms. The fourth-order valence-electron chi connectivity index (χ4n) is 2.57. The van der Waals surface area contributed by atoms with Crippen LogP contribution in [0.15, 0.2) is 47.0 Å². The highest BCUT2D eigenvalue weighted by molar-refractivity contribution is 6.09. The number of aromatic nitrogens is 1. The molecule has 26 heavy (non-hydrogen) atoms. The third kappa shape index (κ3) is 3.37. The van der Waals surface area contributed by atoms with Crippen LogP contribution in [0, 0.1) is 12.7 Å². The zero-order valence-corrected chi connectivity index (χ0v) is 14.5. The van der Waals surface area contributed by atoms with Crippen LogP contribution < -0.4 is 14.8 Å². The van der Waals surface area contributed by atoms with Gasteiger partial charge in [-0.2, -0.15) is 0 Å². The molecule has 0 bridgehead atoms. The molecule has 7 heteroatoms. The van der Waals surface area contributed by atoms with Gasteiger partial charge in [-0.25, -0.2) is 4.39 Å². The first kappa shape index (κ1) is 17.5. The first-order valence-corrected chi connectivity index (χ1v) is 7.79. The highest BCUT2D eigenvalue weighted by Gasteiger charge is 2.23. The molecule has 1 heterocycles. The van der Waals surface area contributed by atoms with E-state index >= 15 is 0 Å². The molecule has 0 unspecified atom stereocenters. The molecule has 0 atom stereocenters. The number of carbonyl (C=O) groups excluding carboxylic acids is 1. The molecular weight excluding hydrogens is 339 g/mol. The zero-order chi connectivity index (χ0) is 18.7. The summed E-state index contributed by atoms with van der Waals surface area (Å²) in [6.07, 6.45) is 0. The minimum Gasteiger partial charge on any atom is -0.497 e. The van der Waals surface area contributed by atoms with E-state index in [4.69, 9.17) is 14.0 Å². The summed E-state index contributed by atoms with van der Waals surface area (Å²) in [6.45, 7) is 1.62. The summed E-state index contributed by atoms with van der Waals surface area (Å²) in [6, 6.07) is 10.9. The topological polar surface area (TPSA) is 73.6 Å². The lowest BCUT2D eigenvalue weighted by Crippen LogP contribution is -2.14. The molecule has 6 nitrogen and oxygen atoms in total. The molecule has 1 aromatic heterocycles. The van der Waals surface area contributed by atoms with Crippen molar-refractivity contribution in [3.8, 4) is 22.8 Å². The number of nitrogens with one attached hydrogen (secondary N) is 1. The summed E-state index contributed by atoms with van der Waals surface area (Å²) < 4.78 is 29.1. The van der Waals surface area contributed by atoms with Gasteiger partial charge in [0, 0.05) is 11.6 Å². The van der Waals surface area contributed by atoms with Gasteiger partial charge in [-0.3, -0.25) is 4.79 Å². The number of rotatable bonds is 5. The standard InChI is InChI=1S/C19H17FN2O4/c1-11-17(18(22-26-11)12-5-4-6-13(20)9-12)19(23)21-15-10-14(24-2)7-8-16(15)25-3/h4-10H,1-3H3,(H,21,23). The van der Waals surface area contributed by atoms with Crippen molar-refractivity contribution in [1.82, 2.24) is 5.16 Å². The van der Waals surface area contributed by atoms with E-state index in [1.807, 2.05) is 0 Å². The fraction of sp³-hybridized carbons (Fsp3) is 0.158. The van der Waals surface area contributed by atoms with E-state index in [9.17, 15) is 9.18 Å². The van der Waals surface area contributed by atoms with Gasteiger partial charge in [0.1, 0.15) is 34.3 Å². The van der Waals surface area contributed by atoms with Crippen molar-refractivity contribution >= 4 is 11.6 Å². The number of carbonyl (C=O) groups is 1. The van der Waals surface area contributed by atoms with Crippen LogP contribution in [0.1, 0.15) is 16.1 Å². The van der Waals surface area contributed by atoms with Gasteiger partial charge < -0.3 is 19.3 Å². The van der Waals surface area contributed by atoms with E-state index < -0.39 is 11.7 Å². The molecule has 3 rings (SSSR count). The number of amides is 1. The second-order valence-electron chi connectivity index (χ2n) is 5.49. The average molecular weight is 356 g/mol. The van der Waals surface area contributed by atoms with E-state index in [1.165, 1.54) is 26.4 Å². The molecule has 0 fully saturated rings. The molecule has 0 saturated carbocycles. The van der Waals surface area contributed by atoms with Crippen LogP contribution in [0.4, 0.5) is 10.1 Å². The van der Waals surface area contributed by atoms with Gasteiger partial charge in [-0.1, -0.05) is 17.3 Å². The van der Waals surface area contributed by atoms with Gasteiger partial charge in [0.2, 0.25) is 0 Å². The molecular formula is C19H17FN2O4. The van der Waals surface area contributed by atoms with Gasteiger partial charge >= 0.3 is 0 Å². The number of hydrogen-bond donors (Lipinski definition) is 1. The third-order valence-corrected chi connectivity index (χ3v) is 3.84. The van der Waals surface area contributed by atoms with Crippen LogP contribution in [-0.2, 0) is 0 Å². The second kappa shape index (κ2) is 7.26. The van der Waals surface area contributed by atoms with Gasteiger partial charge in [0.25, 0.3) is 5.91 Å². The quantitative estimate of drug-likeness (QED) is 0.746. The van der Waals surface area contributed by atoms with E-state index in [1.54, 1.807) is 37.3 Å². The molecule has 0 aliphatic carbocycles. The van der Waals surface area contributed by atoms with Crippen molar-refractivity contribution < 1.29 is 23.2 Å². The Morgan fingerprint density at radius 3 is 2.65 bits per heavy atom. The molecule has 134 valence electrons. The van der Waals surface area contributed by atoms with Gasteiger partial charge in [-0.05, 0) is 31.2 Å². The number of nitrogens with zero attached hydrogens (tertiary/aromatic N) is 1. The highest BCUT2D eigenvalue weighted by atomic mass is 19.1. The summed E-state index contributed by atoms with van der Waals surface area (Å²) in [5.41, 5.74) is 1.37. The molecule has 2 aromatic carbocycles. The number of benzene rings is 2. The van der Waals surface area contributed by atoms with Crippen LogP contribution in [0.25, 0.3) is 11.3 Å². The number of ether oxygens (including phenoxy) is 2. The summed E-state index contributed by atoms with van der Waals surface area (Å²) in [7, 11) is 3.03. The molecule has 0 aliphatic heterocycles. The number of methoxy groups -OCH3 is 2. The van der Waals surface area contributed by atoms with Crippen LogP contribution in [0.3, 0.4) is 0 Å². The summed E-state index contributed by atoms with van der Waals surface area (Å²) in [5, 5.41) is 6.67. The fourth-order valence-corrected chi connectivity index (χ4v) is 2.57. The van der Waals surface area contributed by atoms with Crippen molar-refractivity contribution in [3.63, 3.8) is 0 Å². The maximum absolute atomic E-state index is 13.5. The van der Waals surface area contributed by atoms with Crippen molar-refractivity contribution in [2.45, 2.75) is 6.92 Å². The second-order valence-corrected chi connectivity index (χ2v) is 5.49. The Hall–Kier alpha value is -3.35. The molecule has 0 saturated heterocycles. The predicted octanol–water partition coefficient (Wildman–Crippen LogP) is 4.06. The van der Waals surface area contributed by atoms with E-state index in [2.05, 4.69) is 10.5 Å². The molecule has 1 amide bonds. The normalized spacial score (nSPS) is 10.5. The molecule has 0 radical (unpaired) electrons. The minimum atomic E-state index is -0.449. The number of halogens is 1.